The summed E-state index contributed by atoms with van der Waals surface area (Å²) in [5, 5.41) is 0. The fourth-order valence-electron chi connectivity index (χ4n) is 4.42. The maximum Gasteiger partial charge on any atom is 0.330 e. The summed E-state index contributed by atoms with van der Waals surface area (Å²) < 4.78 is 20.8. The molecule has 33 heavy (non-hydrogen) atoms. The topological polar surface area (TPSA) is 112 Å². The number of ether oxygens (including phenoxy) is 3. The lowest BCUT2D eigenvalue weighted by Crippen LogP contribution is -2.51. The maximum absolute atomic E-state index is 12.8. The molecule has 2 fully saturated rings. The van der Waals surface area contributed by atoms with Gasteiger partial charge >= 0.3 is 5.69 Å². The molecular formula is C23H33N5O5. The fraction of sp³-hybridized carbons (Fsp3) is 0.652. The van der Waals surface area contributed by atoms with Crippen LogP contribution >= 0.6 is 0 Å². The smallest absolute Gasteiger partial charge is 0.330 e. The zero-order chi connectivity index (χ0) is 24.2. The van der Waals surface area contributed by atoms with Gasteiger partial charge in [-0.05, 0) is 54.5 Å². The zero-order valence-electron chi connectivity index (χ0n) is 20.3. The lowest BCUT2D eigenvalue weighted by atomic mass is 9.98. The Morgan fingerprint density at radius 1 is 1.21 bits per heavy atom. The van der Waals surface area contributed by atoms with Crippen molar-refractivity contribution in [2.24, 2.45) is 0 Å². The van der Waals surface area contributed by atoms with E-state index in [1.807, 2.05) is 47.6 Å². The number of hydrogen-bond donors (Lipinski definition) is 1. The molecule has 0 amide bonds. The van der Waals surface area contributed by atoms with Gasteiger partial charge in [0.05, 0.1) is 24.4 Å². The van der Waals surface area contributed by atoms with E-state index in [1.54, 1.807) is 13.1 Å². The first-order valence-electron chi connectivity index (χ1n) is 11.1. The van der Waals surface area contributed by atoms with Crippen molar-refractivity contribution in [3.05, 3.63) is 51.2 Å². The number of anilines is 1. The average Bonchev–Trinajstić information content (AvgIpc) is 3.17. The number of hydrogen-bond acceptors (Lipinski definition) is 8. The maximum atomic E-state index is 12.8. The molecule has 2 saturated heterocycles. The fourth-order valence-corrected chi connectivity index (χ4v) is 4.42. The molecule has 0 unspecified atom stereocenters. The minimum Gasteiger partial charge on any atom is -0.373 e. The summed E-state index contributed by atoms with van der Waals surface area (Å²) in [5.41, 5.74) is -2.26. The van der Waals surface area contributed by atoms with Crippen LogP contribution in [0.4, 0.5) is 5.82 Å². The molecule has 0 radical (unpaired) electrons. The summed E-state index contributed by atoms with van der Waals surface area (Å²) in [4.78, 5) is 37.8. The first kappa shape index (κ1) is 23.6. The lowest BCUT2D eigenvalue weighted by molar-refractivity contribution is -0.183. The van der Waals surface area contributed by atoms with Crippen LogP contribution in [0, 0.1) is 6.92 Å². The number of aromatic nitrogens is 4. The van der Waals surface area contributed by atoms with Gasteiger partial charge in [0.2, 0.25) is 0 Å². The van der Waals surface area contributed by atoms with Crippen LogP contribution in [0.25, 0.3) is 0 Å². The second-order valence-corrected chi connectivity index (χ2v) is 10.8. The largest absolute Gasteiger partial charge is 0.373 e. The lowest BCUT2D eigenvalue weighted by Gasteiger charge is -2.39. The number of nitrogens with zero attached hydrogens (tertiary/aromatic N) is 4. The third kappa shape index (κ3) is 4.60. The van der Waals surface area contributed by atoms with Crippen LogP contribution in [0.5, 0.6) is 0 Å². The molecule has 0 aliphatic carbocycles. The SMILES string of the molecule is Cc1cn([C@@H]2O[C@@]3(COC(C)(C)C)CN(c4ccncn4)[C@@H]2[C@@H]3OC(C)(C)C)c(=O)[nH]c1=O. The number of morpholine rings is 1. The van der Waals surface area contributed by atoms with Crippen LogP contribution in [0.1, 0.15) is 53.3 Å². The van der Waals surface area contributed by atoms with Crippen LogP contribution in [0.2, 0.25) is 0 Å². The number of rotatable bonds is 5. The van der Waals surface area contributed by atoms with E-state index in [4.69, 9.17) is 14.2 Å². The van der Waals surface area contributed by atoms with E-state index < -0.39 is 40.4 Å². The third-order valence-electron chi connectivity index (χ3n) is 5.78. The summed E-state index contributed by atoms with van der Waals surface area (Å²) in [6.07, 6.45) is 3.58. The Kier molecular flexibility index (Phi) is 5.74. The summed E-state index contributed by atoms with van der Waals surface area (Å²) in [7, 11) is 0. The molecule has 2 aromatic rings. The van der Waals surface area contributed by atoms with Gasteiger partial charge in [0.1, 0.15) is 29.9 Å². The first-order valence-corrected chi connectivity index (χ1v) is 11.1. The molecule has 4 heterocycles. The highest BCUT2D eigenvalue weighted by Gasteiger charge is 2.66. The Balaban J connectivity index is 1.85. The molecule has 2 aliphatic rings. The third-order valence-corrected chi connectivity index (χ3v) is 5.78. The second kappa shape index (κ2) is 8.03. The minimum absolute atomic E-state index is 0.267. The van der Waals surface area contributed by atoms with Gasteiger partial charge in [-0.3, -0.25) is 14.3 Å². The molecule has 10 heteroatoms. The highest BCUT2D eigenvalue weighted by molar-refractivity contribution is 5.45. The molecule has 2 aliphatic heterocycles. The van der Waals surface area contributed by atoms with Crippen molar-refractivity contribution in [2.45, 2.75) is 83.6 Å². The van der Waals surface area contributed by atoms with Gasteiger partial charge in [0, 0.05) is 18.0 Å². The molecule has 2 aromatic heterocycles. The number of nitrogens with one attached hydrogen (secondary N) is 1. The van der Waals surface area contributed by atoms with Crippen molar-refractivity contribution in [2.75, 3.05) is 18.1 Å². The second-order valence-electron chi connectivity index (χ2n) is 10.8. The average molecular weight is 460 g/mol. The van der Waals surface area contributed by atoms with Gasteiger partial charge < -0.3 is 19.1 Å². The van der Waals surface area contributed by atoms with Crippen molar-refractivity contribution in [1.29, 1.82) is 0 Å². The van der Waals surface area contributed by atoms with E-state index in [2.05, 4.69) is 19.9 Å². The summed E-state index contributed by atoms with van der Waals surface area (Å²) >= 11 is 0. The molecule has 2 bridgehead atoms. The summed E-state index contributed by atoms with van der Waals surface area (Å²) in [6, 6.07) is 1.44. The van der Waals surface area contributed by atoms with Gasteiger partial charge in [-0.15, -0.1) is 0 Å². The number of H-pyrrole nitrogens is 1. The van der Waals surface area contributed by atoms with Crippen LogP contribution in [-0.2, 0) is 14.2 Å². The zero-order valence-corrected chi connectivity index (χ0v) is 20.3. The van der Waals surface area contributed by atoms with Gasteiger partial charge in [0.15, 0.2) is 6.23 Å². The van der Waals surface area contributed by atoms with Crippen molar-refractivity contribution in [1.82, 2.24) is 19.5 Å². The Hall–Kier alpha value is -2.56. The van der Waals surface area contributed by atoms with Gasteiger partial charge in [0.25, 0.3) is 5.56 Å². The number of fused-ring (bicyclic) bond motifs is 2. The highest BCUT2D eigenvalue weighted by Crippen LogP contribution is 2.50. The quantitative estimate of drug-likeness (QED) is 0.720. The van der Waals surface area contributed by atoms with Gasteiger partial charge in [-0.25, -0.2) is 14.8 Å². The van der Waals surface area contributed by atoms with Crippen molar-refractivity contribution in [3.63, 3.8) is 0 Å². The van der Waals surface area contributed by atoms with E-state index in [0.717, 1.165) is 0 Å². The van der Waals surface area contributed by atoms with Gasteiger partial charge in [-0.1, -0.05) is 0 Å². The predicted octanol–water partition coefficient (Wildman–Crippen LogP) is 1.79. The monoisotopic (exact) mass is 459 g/mol. The van der Waals surface area contributed by atoms with Crippen LogP contribution < -0.4 is 16.1 Å². The molecule has 4 rings (SSSR count). The van der Waals surface area contributed by atoms with Crippen molar-refractivity contribution < 1.29 is 14.2 Å². The van der Waals surface area contributed by atoms with Crippen molar-refractivity contribution in [3.8, 4) is 0 Å². The molecule has 0 spiro atoms. The Morgan fingerprint density at radius 3 is 2.55 bits per heavy atom. The number of aryl methyl sites for hydroxylation is 1. The Morgan fingerprint density at radius 2 is 1.94 bits per heavy atom. The molecule has 0 saturated carbocycles. The molecular weight excluding hydrogens is 426 g/mol. The van der Waals surface area contributed by atoms with Crippen molar-refractivity contribution >= 4 is 5.82 Å². The Labute approximate surface area is 192 Å². The molecule has 1 N–H and O–H groups in total. The first-order chi connectivity index (χ1) is 15.3. The predicted molar refractivity (Wildman–Crippen MR) is 122 cm³/mol. The van der Waals surface area contributed by atoms with Crippen LogP contribution in [0.15, 0.2) is 34.4 Å². The Bertz CT molecular complexity index is 1120. The standard InChI is InChI=1S/C23H33N5O5/c1-14-10-27(20(30)26-18(14)29)19-16-17(32-22(5,6)7)23(33-19,12-31-21(2,3)4)11-28(16)15-8-9-24-13-25-15/h8-10,13,16-17,19H,11-12H2,1-7H3,(H,26,29,30)/t16-,17+,19-,23-/m1/s1. The molecule has 10 nitrogen and oxygen atoms in total. The van der Waals surface area contributed by atoms with E-state index in [1.165, 1.54) is 17.1 Å². The van der Waals surface area contributed by atoms with E-state index in [9.17, 15) is 9.59 Å². The minimum atomic E-state index is -0.857. The summed E-state index contributed by atoms with van der Waals surface area (Å²) in [5.74, 6) is 0.706. The van der Waals surface area contributed by atoms with E-state index >= 15 is 0 Å². The summed E-state index contributed by atoms with van der Waals surface area (Å²) in [6.45, 7) is 14.3. The molecule has 4 atom stereocenters. The van der Waals surface area contributed by atoms with Gasteiger partial charge in [-0.2, -0.15) is 0 Å². The van der Waals surface area contributed by atoms with Crippen LogP contribution in [0.3, 0.4) is 0 Å². The number of aromatic amines is 1. The van der Waals surface area contributed by atoms with Crippen LogP contribution in [-0.4, -0.2) is 61.6 Å². The van der Waals surface area contributed by atoms with E-state index in [-0.39, 0.29) is 12.6 Å². The normalized spacial score (nSPS) is 27.4. The van der Waals surface area contributed by atoms with E-state index in [0.29, 0.717) is 17.9 Å². The molecule has 0 aromatic carbocycles. The molecule has 180 valence electrons. The highest BCUT2D eigenvalue weighted by atomic mass is 16.6.